The molecule has 0 amide bonds. The third kappa shape index (κ3) is 6.35. The second-order valence-electron chi connectivity index (χ2n) is 5.14. The van der Waals surface area contributed by atoms with Gasteiger partial charge >= 0.3 is 0 Å². The number of hydrogen-bond donors (Lipinski definition) is 0. The van der Waals surface area contributed by atoms with Gasteiger partial charge in [-0.1, -0.05) is 13.3 Å². The second-order valence-corrected chi connectivity index (χ2v) is 5.14. The topological polar surface area (TPSA) is 34.6 Å². The van der Waals surface area contributed by atoms with Gasteiger partial charge in [0.15, 0.2) is 0 Å². The van der Waals surface area contributed by atoms with Crippen molar-refractivity contribution in [1.29, 1.82) is 0 Å². The SMILES string of the molecule is CCCc1ccc(N2CCOCC2)cn1.COC(C)C. The van der Waals surface area contributed by atoms with Crippen LogP contribution in [0.25, 0.3) is 0 Å². The summed E-state index contributed by atoms with van der Waals surface area (Å²) in [7, 11) is 1.70. The van der Waals surface area contributed by atoms with Crippen LogP contribution in [0.4, 0.5) is 5.69 Å². The van der Waals surface area contributed by atoms with Crippen LogP contribution in [0.5, 0.6) is 0 Å². The van der Waals surface area contributed by atoms with Crippen LogP contribution >= 0.6 is 0 Å². The lowest BCUT2D eigenvalue weighted by Gasteiger charge is -2.28. The summed E-state index contributed by atoms with van der Waals surface area (Å²) in [5.41, 5.74) is 2.41. The Labute approximate surface area is 123 Å². The summed E-state index contributed by atoms with van der Waals surface area (Å²) in [5.74, 6) is 0. The summed E-state index contributed by atoms with van der Waals surface area (Å²) in [4.78, 5) is 6.79. The van der Waals surface area contributed by atoms with E-state index in [-0.39, 0.29) is 0 Å². The van der Waals surface area contributed by atoms with E-state index in [0.29, 0.717) is 6.10 Å². The fourth-order valence-corrected chi connectivity index (χ4v) is 1.83. The molecule has 1 aliphatic heterocycles. The Morgan fingerprint density at radius 3 is 2.40 bits per heavy atom. The van der Waals surface area contributed by atoms with Crippen LogP contribution in [-0.2, 0) is 15.9 Å². The van der Waals surface area contributed by atoms with E-state index < -0.39 is 0 Å². The second kappa shape index (κ2) is 9.72. The van der Waals surface area contributed by atoms with E-state index in [2.05, 4.69) is 28.9 Å². The monoisotopic (exact) mass is 280 g/mol. The predicted octanol–water partition coefficient (Wildman–Crippen LogP) is 2.91. The van der Waals surface area contributed by atoms with Crippen molar-refractivity contribution < 1.29 is 9.47 Å². The molecule has 0 aromatic carbocycles. The van der Waals surface area contributed by atoms with Crippen LogP contribution in [0.2, 0.25) is 0 Å². The van der Waals surface area contributed by atoms with E-state index >= 15 is 0 Å². The van der Waals surface area contributed by atoms with Crippen molar-refractivity contribution in [2.75, 3.05) is 38.3 Å². The number of rotatable bonds is 4. The number of ether oxygens (including phenoxy) is 2. The molecule has 2 rings (SSSR count). The van der Waals surface area contributed by atoms with Crippen LogP contribution in [0.1, 0.15) is 32.9 Å². The zero-order chi connectivity index (χ0) is 14.8. The molecule has 1 aromatic heterocycles. The van der Waals surface area contributed by atoms with Gasteiger partial charge in [-0.2, -0.15) is 0 Å². The van der Waals surface area contributed by atoms with Gasteiger partial charge in [0.25, 0.3) is 0 Å². The van der Waals surface area contributed by atoms with Gasteiger partial charge in [0.05, 0.1) is 31.2 Å². The number of anilines is 1. The number of pyridine rings is 1. The summed E-state index contributed by atoms with van der Waals surface area (Å²) in [6.45, 7) is 9.80. The Bertz CT molecular complexity index is 346. The first kappa shape index (κ1) is 16.9. The summed E-state index contributed by atoms with van der Waals surface area (Å²) >= 11 is 0. The maximum absolute atomic E-state index is 5.32. The first-order valence-corrected chi connectivity index (χ1v) is 7.47. The van der Waals surface area contributed by atoms with Crippen molar-refractivity contribution in [1.82, 2.24) is 4.98 Å². The van der Waals surface area contributed by atoms with E-state index in [0.717, 1.165) is 39.1 Å². The Balaban J connectivity index is 0.000000347. The highest BCUT2D eigenvalue weighted by Crippen LogP contribution is 2.14. The minimum absolute atomic E-state index is 0.384. The van der Waals surface area contributed by atoms with Crippen LogP contribution < -0.4 is 4.90 Å². The molecule has 0 radical (unpaired) electrons. The Hall–Kier alpha value is -1.13. The summed E-state index contributed by atoms with van der Waals surface area (Å²) in [6.07, 6.45) is 4.60. The largest absolute Gasteiger partial charge is 0.382 e. The van der Waals surface area contributed by atoms with Crippen LogP contribution in [0.15, 0.2) is 18.3 Å². The fourth-order valence-electron chi connectivity index (χ4n) is 1.83. The first-order valence-electron chi connectivity index (χ1n) is 7.47. The van der Waals surface area contributed by atoms with Gasteiger partial charge in [-0.15, -0.1) is 0 Å². The third-order valence-electron chi connectivity index (χ3n) is 3.16. The van der Waals surface area contributed by atoms with Crippen LogP contribution in [0, 0.1) is 0 Å². The van der Waals surface area contributed by atoms with E-state index in [4.69, 9.17) is 9.47 Å². The molecule has 4 heteroatoms. The normalized spacial score (nSPS) is 14.9. The van der Waals surface area contributed by atoms with Gasteiger partial charge in [-0.25, -0.2) is 0 Å². The molecule has 4 nitrogen and oxygen atoms in total. The lowest BCUT2D eigenvalue weighted by molar-refractivity contribution is 0.122. The average molecular weight is 280 g/mol. The molecule has 0 saturated carbocycles. The Kier molecular flexibility index (Phi) is 8.23. The third-order valence-corrected chi connectivity index (χ3v) is 3.16. The van der Waals surface area contributed by atoms with Gasteiger partial charge in [-0.05, 0) is 32.4 Å². The molecular formula is C16H28N2O2. The number of aryl methyl sites for hydroxylation is 1. The zero-order valence-electron chi connectivity index (χ0n) is 13.3. The maximum Gasteiger partial charge on any atom is 0.0642 e. The van der Waals surface area contributed by atoms with Crippen molar-refractivity contribution in [3.63, 3.8) is 0 Å². The Morgan fingerprint density at radius 1 is 1.30 bits per heavy atom. The highest BCUT2D eigenvalue weighted by Gasteiger charge is 2.10. The maximum atomic E-state index is 5.32. The summed E-state index contributed by atoms with van der Waals surface area (Å²) in [5, 5.41) is 0. The van der Waals surface area contributed by atoms with Crippen molar-refractivity contribution in [3.05, 3.63) is 24.0 Å². The van der Waals surface area contributed by atoms with Crippen molar-refractivity contribution >= 4 is 5.69 Å². The van der Waals surface area contributed by atoms with Gasteiger partial charge in [0.2, 0.25) is 0 Å². The minimum Gasteiger partial charge on any atom is -0.382 e. The van der Waals surface area contributed by atoms with Crippen molar-refractivity contribution in [3.8, 4) is 0 Å². The number of aromatic nitrogens is 1. The molecule has 1 saturated heterocycles. The quantitative estimate of drug-likeness (QED) is 0.849. The molecular weight excluding hydrogens is 252 g/mol. The molecule has 0 unspecified atom stereocenters. The van der Waals surface area contributed by atoms with Gasteiger partial charge in [-0.3, -0.25) is 4.98 Å². The fraction of sp³-hybridized carbons (Fsp3) is 0.688. The minimum atomic E-state index is 0.384. The van der Waals surface area contributed by atoms with Gasteiger partial charge < -0.3 is 14.4 Å². The van der Waals surface area contributed by atoms with Gasteiger partial charge in [0, 0.05) is 25.9 Å². The lowest BCUT2D eigenvalue weighted by atomic mass is 10.2. The molecule has 0 bridgehead atoms. The zero-order valence-corrected chi connectivity index (χ0v) is 13.3. The number of nitrogens with zero attached hydrogens (tertiary/aromatic N) is 2. The lowest BCUT2D eigenvalue weighted by Crippen LogP contribution is -2.36. The molecule has 1 aliphatic rings. The molecule has 1 fully saturated rings. The molecule has 114 valence electrons. The summed E-state index contributed by atoms with van der Waals surface area (Å²) < 4.78 is 10.1. The predicted molar refractivity (Wildman–Crippen MR) is 83.4 cm³/mol. The van der Waals surface area contributed by atoms with Gasteiger partial charge in [0.1, 0.15) is 0 Å². The standard InChI is InChI=1S/C12H18N2O.C4H10O/c1-2-3-11-4-5-12(10-13-11)14-6-8-15-9-7-14;1-4(2)5-3/h4-5,10H,2-3,6-9H2,1H3;4H,1-3H3. The number of methoxy groups -OCH3 is 1. The van der Waals surface area contributed by atoms with E-state index in [9.17, 15) is 0 Å². The molecule has 1 aromatic rings. The number of hydrogen-bond acceptors (Lipinski definition) is 4. The smallest absolute Gasteiger partial charge is 0.0642 e. The Morgan fingerprint density at radius 2 is 1.95 bits per heavy atom. The summed E-state index contributed by atoms with van der Waals surface area (Å²) in [6, 6.07) is 4.30. The number of morpholine rings is 1. The van der Waals surface area contributed by atoms with Crippen LogP contribution in [0.3, 0.4) is 0 Å². The van der Waals surface area contributed by atoms with Crippen molar-refractivity contribution in [2.24, 2.45) is 0 Å². The van der Waals surface area contributed by atoms with E-state index in [1.54, 1.807) is 7.11 Å². The van der Waals surface area contributed by atoms with E-state index in [1.165, 1.54) is 11.4 Å². The molecule has 0 N–H and O–H groups in total. The first-order chi connectivity index (χ1) is 9.67. The van der Waals surface area contributed by atoms with Crippen molar-refractivity contribution in [2.45, 2.75) is 39.7 Å². The molecule has 20 heavy (non-hydrogen) atoms. The highest BCUT2D eigenvalue weighted by molar-refractivity contribution is 5.44. The molecule has 0 aliphatic carbocycles. The highest BCUT2D eigenvalue weighted by atomic mass is 16.5. The molecule has 2 heterocycles. The van der Waals surface area contributed by atoms with E-state index in [1.807, 2.05) is 20.0 Å². The average Bonchev–Trinajstić information content (AvgIpc) is 2.50. The molecule has 0 atom stereocenters. The molecule has 0 spiro atoms. The van der Waals surface area contributed by atoms with Crippen LogP contribution in [-0.4, -0.2) is 44.5 Å².